The van der Waals surface area contributed by atoms with Gasteiger partial charge in [0.25, 0.3) is 0 Å². The molecule has 0 spiro atoms. The first kappa shape index (κ1) is 24.2. The van der Waals surface area contributed by atoms with Crippen LogP contribution in [0.5, 0.6) is 11.5 Å². The van der Waals surface area contributed by atoms with E-state index in [1.165, 1.54) is 0 Å². The second-order valence-corrected chi connectivity index (χ2v) is 5.87. The molecule has 0 saturated heterocycles. The van der Waals surface area contributed by atoms with E-state index in [9.17, 15) is 0 Å². The van der Waals surface area contributed by atoms with E-state index in [4.69, 9.17) is 14.2 Å². The third-order valence-electron chi connectivity index (χ3n) is 3.78. The molecule has 0 aliphatic carbocycles. The highest BCUT2D eigenvalue weighted by Crippen LogP contribution is 2.20. The summed E-state index contributed by atoms with van der Waals surface area (Å²) in [7, 11) is 3.44. The highest BCUT2D eigenvalue weighted by molar-refractivity contribution is 14.0. The van der Waals surface area contributed by atoms with Crippen LogP contribution in [0.25, 0.3) is 0 Å². The van der Waals surface area contributed by atoms with Gasteiger partial charge in [0.15, 0.2) is 5.96 Å². The van der Waals surface area contributed by atoms with E-state index in [0.717, 1.165) is 36.0 Å². The summed E-state index contributed by atoms with van der Waals surface area (Å²) in [4.78, 5) is 4.23. The topological polar surface area (TPSA) is 64.1 Å². The first-order valence-corrected chi connectivity index (χ1v) is 9.15. The second-order valence-electron chi connectivity index (χ2n) is 5.87. The van der Waals surface area contributed by atoms with Crippen LogP contribution in [0.3, 0.4) is 0 Å². The number of nitrogens with one attached hydrogen (secondary N) is 2. The molecule has 0 saturated carbocycles. The average Bonchev–Trinajstić information content (AvgIpc) is 2.71. The van der Waals surface area contributed by atoms with Crippen molar-refractivity contribution in [1.29, 1.82) is 0 Å². The first-order chi connectivity index (χ1) is 13.3. The number of hydrogen-bond acceptors (Lipinski definition) is 4. The van der Waals surface area contributed by atoms with Crippen LogP contribution in [-0.2, 0) is 16.0 Å². The molecule has 0 atom stereocenters. The predicted octanol–water partition coefficient (Wildman–Crippen LogP) is 3.82. The Morgan fingerprint density at radius 1 is 0.893 bits per heavy atom. The number of rotatable bonds is 11. The van der Waals surface area contributed by atoms with E-state index < -0.39 is 0 Å². The second kappa shape index (κ2) is 15.1. The first-order valence-electron chi connectivity index (χ1n) is 9.15. The predicted molar refractivity (Wildman–Crippen MR) is 124 cm³/mol. The average molecular weight is 499 g/mol. The van der Waals surface area contributed by atoms with Gasteiger partial charge >= 0.3 is 0 Å². The van der Waals surface area contributed by atoms with Crippen molar-refractivity contribution >= 4 is 29.9 Å². The maximum absolute atomic E-state index is 5.80. The van der Waals surface area contributed by atoms with Crippen molar-refractivity contribution < 1.29 is 14.2 Å². The van der Waals surface area contributed by atoms with Crippen molar-refractivity contribution in [2.24, 2.45) is 4.99 Å². The zero-order valence-corrected chi connectivity index (χ0v) is 18.8. The summed E-state index contributed by atoms with van der Waals surface area (Å²) in [6.45, 7) is 3.46. The molecule has 7 heteroatoms. The zero-order chi connectivity index (χ0) is 19.2. The Bertz CT molecular complexity index is 666. The third-order valence-corrected chi connectivity index (χ3v) is 3.78. The van der Waals surface area contributed by atoms with E-state index in [2.05, 4.69) is 15.6 Å². The van der Waals surface area contributed by atoms with Gasteiger partial charge in [-0.15, -0.1) is 24.0 Å². The van der Waals surface area contributed by atoms with Gasteiger partial charge < -0.3 is 24.8 Å². The van der Waals surface area contributed by atoms with Crippen LogP contribution < -0.4 is 15.4 Å². The Hall–Kier alpha value is -1.84. The molecule has 2 aromatic rings. The summed E-state index contributed by atoms with van der Waals surface area (Å²) in [5.74, 6) is 2.43. The van der Waals surface area contributed by atoms with Crippen LogP contribution >= 0.6 is 24.0 Å². The van der Waals surface area contributed by atoms with Gasteiger partial charge in [-0.2, -0.15) is 0 Å². The minimum Gasteiger partial charge on any atom is -0.457 e. The Balaban J connectivity index is 0.00000392. The monoisotopic (exact) mass is 499 g/mol. The molecule has 2 aromatic carbocycles. The number of hydrogen-bond donors (Lipinski definition) is 2. The number of halogens is 1. The molecule has 0 fully saturated rings. The smallest absolute Gasteiger partial charge is 0.191 e. The van der Waals surface area contributed by atoms with Crippen LogP contribution in [0.2, 0.25) is 0 Å². The Morgan fingerprint density at radius 2 is 1.61 bits per heavy atom. The quantitative estimate of drug-likeness (QED) is 0.213. The third kappa shape index (κ3) is 9.91. The van der Waals surface area contributed by atoms with Gasteiger partial charge in [-0.1, -0.05) is 30.3 Å². The Labute approximate surface area is 184 Å². The van der Waals surface area contributed by atoms with E-state index in [1.807, 2.05) is 54.6 Å². The van der Waals surface area contributed by atoms with E-state index in [-0.39, 0.29) is 24.0 Å². The van der Waals surface area contributed by atoms with Crippen LogP contribution in [0.15, 0.2) is 59.6 Å². The molecule has 2 N–H and O–H groups in total. The van der Waals surface area contributed by atoms with Gasteiger partial charge in [-0.25, -0.2) is 0 Å². The van der Waals surface area contributed by atoms with E-state index >= 15 is 0 Å². The normalized spacial score (nSPS) is 10.9. The maximum Gasteiger partial charge on any atom is 0.191 e. The largest absolute Gasteiger partial charge is 0.457 e. The molecular weight excluding hydrogens is 469 g/mol. The van der Waals surface area contributed by atoms with Crippen molar-refractivity contribution in [2.75, 3.05) is 40.5 Å². The summed E-state index contributed by atoms with van der Waals surface area (Å²) < 4.78 is 16.2. The van der Waals surface area contributed by atoms with Crippen LogP contribution in [0.4, 0.5) is 0 Å². The lowest BCUT2D eigenvalue weighted by Crippen LogP contribution is -2.37. The lowest BCUT2D eigenvalue weighted by atomic mass is 10.2. The van der Waals surface area contributed by atoms with Crippen molar-refractivity contribution in [3.63, 3.8) is 0 Å². The van der Waals surface area contributed by atoms with Crippen LogP contribution in [0.1, 0.15) is 12.0 Å². The molecule has 28 heavy (non-hydrogen) atoms. The van der Waals surface area contributed by atoms with E-state index in [0.29, 0.717) is 26.4 Å². The van der Waals surface area contributed by atoms with Crippen molar-refractivity contribution in [1.82, 2.24) is 10.6 Å². The van der Waals surface area contributed by atoms with Crippen LogP contribution in [-0.4, -0.2) is 46.5 Å². The molecule has 0 aliphatic heterocycles. The maximum atomic E-state index is 5.80. The zero-order valence-electron chi connectivity index (χ0n) is 16.5. The Kier molecular flexibility index (Phi) is 13.1. The number of aliphatic imine (C=N–C) groups is 1. The van der Waals surface area contributed by atoms with Gasteiger partial charge in [0.1, 0.15) is 11.5 Å². The number of nitrogens with zero attached hydrogens (tertiary/aromatic N) is 1. The molecule has 0 aromatic heterocycles. The minimum absolute atomic E-state index is 0. The molecule has 0 unspecified atom stereocenters. The van der Waals surface area contributed by atoms with Crippen molar-refractivity contribution in [2.45, 2.75) is 13.0 Å². The fraction of sp³-hybridized carbons (Fsp3) is 0.381. The lowest BCUT2D eigenvalue weighted by Gasteiger charge is -2.12. The van der Waals surface area contributed by atoms with Gasteiger partial charge in [0, 0.05) is 33.9 Å². The van der Waals surface area contributed by atoms with Crippen molar-refractivity contribution in [3.8, 4) is 11.5 Å². The lowest BCUT2D eigenvalue weighted by molar-refractivity contribution is 0.0698. The molecule has 0 amide bonds. The SMILES string of the molecule is CN=C(NCCCOCCOC)NCc1ccc(Oc2ccccc2)cc1.I. The van der Waals surface area contributed by atoms with Gasteiger partial charge in [0.2, 0.25) is 0 Å². The molecule has 154 valence electrons. The molecular formula is C21H30IN3O3. The fourth-order valence-corrected chi connectivity index (χ4v) is 2.33. The Morgan fingerprint density at radius 3 is 2.29 bits per heavy atom. The standard InChI is InChI=1S/C21H29N3O3.HI/c1-22-21(23-13-6-14-26-16-15-25-2)24-17-18-9-11-20(12-10-18)27-19-7-4-3-5-8-19;/h3-5,7-12H,6,13-17H2,1-2H3,(H2,22,23,24);1H. The van der Waals surface area contributed by atoms with E-state index in [1.54, 1.807) is 14.2 Å². The summed E-state index contributed by atoms with van der Waals surface area (Å²) in [6.07, 6.45) is 0.913. The fourth-order valence-electron chi connectivity index (χ4n) is 2.33. The molecule has 0 radical (unpaired) electrons. The number of benzene rings is 2. The highest BCUT2D eigenvalue weighted by Gasteiger charge is 2.00. The number of para-hydroxylation sites is 1. The van der Waals surface area contributed by atoms with Gasteiger partial charge in [-0.3, -0.25) is 4.99 Å². The summed E-state index contributed by atoms with van der Waals surface area (Å²) in [5.41, 5.74) is 1.15. The highest BCUT2D eigenvalue weighted by atomic mass is 127. The molecule has 2 rings (SSSR count). The number of methoxy groups -OCH3 is 1. The van der Waals surface area contributed by atoms with Gasteiger partial charge in [-0.05, 0) is 36.2 Å². The van der Waals surface area contributed by atoms with Crippen LogP contribution in [0, 0.1) is 0 Å². The van der Waals surface area contributed by atoms with Crippen molar-refractivity contribution in [3.05, 3.63) is 60.2 Å². The summed E-state index contributed by atoms with van der Waals surface area (Å²) >= 11 is 0. The molecule has 0 bridgehead atoms. The minimum atomic E-state index is 0. The summed E-state index contributed by atoms with van der Waals surface area (Å²) in [6, 6.07) is 17.8. The number of ether oxygens (including phenoxy) is 3. The molecule has 0 aliphatic rings. The van der Waals surface area contributed by atoms with Gasteiger partial charge in [0.05, 0.1) is 13.2 Å². The molecule has 0 heterocycles. The number of guanidine groups is 1. The molecule has 6 nitrogen and oxygen atoms in total. The summed E-state index contributed by atoms with van der Waals surface area (Å²) in [5, 5.41) is 6.58.